The van der Waals surface area contributed by atoms with Gasteiger partial charge in [-0.3, -0.25) is 9.36 Å². The van der Waals surface area contributed by atoms with Crippen molar-refractivity contribution in [1.29, 1.82) is 0 Å². The van der Waals surface area contributed by atoms with Crippen LogP contribution in [0.1, 0.15) is 33.6 Å². The second kappa shape index (κ2) is 9.52. The molecule has 2 aromatic heterocycles. The van der Waals surface area contributed by atoms with Crippen molar-refractivity contribution in [2.75, 3.05) is 13.7 Å². The van der Waals surface area contributed by atoms with Crippen LogP contribution in [0.25, 0.3) is 27.8 Å². The first kappa shape index (κ1) is 20.8. The van der Waals surface area contributed by atoms with Gasteiger partial charge in [0.25, 0.3) is 5.56 Å². The van der Waals surface area contributed by atoms with E-state index in [4.69, 9.17) is 4.74 Å². The van der Waals surface area contributed by atoms with E-state index < -0.39 is 0 Å². The molecule has 7 heteroatoms. The zero-order chi connectivity index (χ0) is 20.8. The van der Waals surface area contributed by atoms with E-state index in [0.717, 1.165) is 46.4 Å². The Labute approximate surface area is 173 Å². The number of benzene rings is 1. The molecule has 152 valence electrons. The number of unbranched alkanes of at least 4 members (excludes halogenated alkanes) is 1. The standard InChI is InChI=1S/C22H26N4O2S/c1-5-8-9-17-18(21(23-6-2)24-7-3)19-20(29-17)22(27)26(14-25-19)15-10-12-16(28-4)13-11-15/h6,9-14,24H,5,7-8H2,1-4H3/b17-9-,21-18-,23-6-. The molecule has 0 atom stereocenters. The van der Waals surface area contributed by atoms with E-state index >= 15 is 0 Å². The molecule has 0 unspecified atom stereocenters. The number of hydrogen-bond donors (Lipinski definition) is 1. The zero-order valence-corrected chi connectivity index (χ0v) is 18.0. The minimum absolute atomic E-state index is 0.0844. The highest BCUT2D eigenvalue weighted by Gasteiger charge is 2.13. The molecule has 0 amide bonds. The van der Waals surface area contributed by atoms with Gasteiger partial charge in [0.1, 0.15) is 22.6 Å². The largest absolute Gasteiger partial charge is 0.497 e. The number of fused-ring (bicyclic) bond motifs is 1. The first-order valence-electron chi connectivity index (χ1n) is 9.76. The van der Waals surface area contributed by atoms with Crippen molar-refractivity contribution in [3.05, 3.63) is 50.7 Å². The second-order valence-corrected chi connectivity index (χ2v) is 7.45. The number of ether oxygens (including phenoxy) is 1. The summed E-state index contributed by atoms with van der Waals surface area (Å²) in [5.41, 5.74) is 1.36. The Kier molecular flexibility index (Phi) is 6.82. The van der Waals surface area contributed by atoms with Gasteiger partial charge in [-0.05, 0) is 44.5 Å². The van der Waals surface area contributed by atoms with Crippen LogP contribution in [-0.4, -0.2) is 29.4 Å². The SMILES string of the molecule is C\C=N/C(NCC)=c1\c(=C\CCC)sc2c(=O)n(-c3ccc(OC)cc3)cnc12. The number of nitrogens with zero attached hydrogens (tertiary/aromatic N) is 3. The molecule has 0 aliphatic carbocycles. The predicted molar refractivity (Wildman–Crippen MR) is 122 cm³/mol. The van der Waals surface area contributed by atoms with Crippen LogP contribution in [0, 0.1) is 0 Å². The van der Waals surface area contributed by atoms with E-state index in [2.05, 4.69) is 28.3 Å². The molecule has 3 rings (SSSR count). The number of methoxy groups -OCH3 is 1. The van der Waals surface area contributed by atoms with E-state index in [1.54, 1.807) is 24.2 Å². The summed E-state index contributed by atoms with van der Waals surface area (Å²) in [5, 5.41) is 4.22. The fraction of sp³-hybridized carbons (Fsp3) is 0.318. The van der Waals surface area contributed by atoms with Crippen molar-refractivity contribution in [3.63, 3.8) is 0 Å². The minimum Gasteiger partial charge on any atom is -0.497 e. The topological polar surface area (TPSA) is 68.5 Å². The second-order valence-electron chi connectivity index (χ2n) is 6.40. The van der Waals surface area contributed by atoms with Gasteiger partial charge >= 0.3 is 0 Å². The lowest BCUT2D eigenvalue weighted by atomic mass is 10.2. The maximum Gasteiger partial charge on any atom is 0.275 e. The summed E-state index contributed by atoms with van der Waals surface area (Å²) in [7, 11) is 1.62. The molecule has 3 aromatic rings. The summed E-state index contributed by atoms with van der Waals surface area (Å²) in [6.45, 7) is 6.78. The average molecular weight is 411 g/mol. The summed E-state index contributed by atoms with van der Waals surface area (Å²) in [4.78, 5) is 22.5. The van der Waals surface area contributed by atoms with Gasteiger partial charge < -0.3 is 10.1 Å². The molecular weight excluding hydrogens is 384 g/mol. The van der Waals surface area contributed by atoms with E-state index in [9.17, 15) is 4.79 Å². The van der Waals surface area contributed by atoms with Crippen LogP contribution in [0.2, 0.25) is 0 Å². The molecule has 0 saturated carbocycles. The summed E-state index contributed by atoms with van der Waals surface area (Å²) in [6.07, 6.45) is 7.48. The summed E-state index contributed by atoms with van der Waals surface area (Å²) in [5.74, 6) is 1.49. The number of aliphatic imine (C=N–C) groups is 1. The fourth-order valence-electron chi connectivity index (χ4n) is 3.05. The molecule has 0 aliphatic rings. The normalized spacial score (nSPS) is 13.3. The highest BCUT2D eigenvalue weighted by Crippen LogP contribution is 2.15. The van der Waals surface area contributed by atoms with Crippen molar-refractivity contribution in [3.8, 4) is 11.4 Å². The summed E-state index contributed by atoms with van der Waals surface area (Å²) >= 11 is 1.48. The first-order chi connectivity index (χ1) is 14.1. The third-order valence-corrected chi connectivity index (χ3v) is 5.60. The van der Waals surface area contributed by atoms with Crippen LogP contribution in [0.5, 0.6) is 5.75 Å². The minimum atomic E-state index is -0.0844. The van der Waals surface area contributed by atoms with Gasteiger partial charge in [-0.2, -0.15) is 0 Å². The Balaban J connectivity index is 2.33. The molecule has 0 fully saturated rings. The lowest BCUT2D eigenvalue weighted by molar-refractivity contribution is 0.414. The number of aromatic nitrogens is 2. The number of nitrogens with one attached hydrogen (secondary N) is 1. The molecule has 1 aromatic carbocycles. The molecule has 29 heavy (non-hydrogen) atoms. The van der Waals surface area contributed by atoms with Gasteiger partial charge in [-0.25, -0.2) is 9.98 Å². The summed E-state index contributed by atoms with van der Waals surface area (Å²) in [6, 6.07) is 7.37. The van der Waals surface area contributed by atoms with Crippen molar-refractivity contribution in [1.82, 2.24) is 14.9 Å². The smallest absolute Gasteiger partial charge is 0.275 e. The van der Waals surface area contributed by atoms with Crippen LogP contribution < -0.4 is 25.4 Å². The first-order valence-corrected chi connectivity index (χ1v) is 10.6. The molecule has 0 bridgehead atoms. The number of rotatable bonds is 7. The van der Waals surface area contributed by atoms with Gasteiger partial charge in [0.05, 0.1) is 23.5 Å². The molecule has 0 radical (unpaired) electrons. The van der Waals surface area contributed by atoms with E-state index in [1.807, 2.05) is 38.1 Å². The van der Waals surface area contributed by atoms with Crippen LogP contribution >= 0.6 is 11.3 Å². The Morgan fingerprint density at radius 3 is 2.69 bits per heavy atom. The quantitative estimate of drug-likeness (QED) is 0.608. The lowest BCUT2D eigenvalue weighted by Crippen LogP contribution is -2.29. The maximum absolute atomic E-state index is 13.3. The van der Waals surface area contributed by atoms with E-state index in [-0.39, 0.29) is 5.56 Å². The Hall–Kier alpha value is -2.93. The van der Waals surface area contributed by atoms with Crippen molar-refractivity contribution in [2.24, 2.45) is 4.99 Å². The van der Waals surface area contributed by atoms with E-state index in [1.165, 1.54) is 11.3 Å². The van der Waals surface area contributed by atoms with Gasteiger partial charge in [0, 0.05) is 17.3 Å². The Morgan fingerprint density at radius 1 is 1.31 bits per heavy atom. The van der Waals surface area contributed by atoms with Gasteiger partial charge in [-0.1, -0.05) is 19.4 Å². The van der Waals surface area contributed by atoms with Crippen molar-refractivity contribution < 1.29 is 4.74 Å². The molecule has 0 spiro atoms. The maximum atomic E-state index is 13.3. The van der Waals surface area contributed by atoms with Crippen LogP contribution in [0.3, 0.4) is 0 Å². The molecular formula is C22H26N4O2S. The van der Waals surface area contributed by atoms with E-state index in [0.29, 0.717) is 10.2 Å². The third-order valence-electron chi connectivity index (χ3n) is 4.43. The highest BCUT2D eigenvalue weighted by molar-refractivity contribution is 7.16. The lowest BCUT2D eigenvalue weighted by Gasteiger charge is -2.06. The molecule has 2 heterocycles. The number of thiophene rings is 1. The molecule has 0 saturated heterocycles. The Bertz CT molecular complexity index is 1190. The predicted octanol–water partition coefficient (Wildman–Crippen LogP) is 2.80. The van der Waals surface area contributed by atoms with Gasteiger partial charge in [0.2, 0.25) is 0 Å². The molecule has 0 aliphatic heterocycles. The van der Waals surface area contributed by atoms with Crippen molar-refractivity contribution in [2.45, 2.75) is 33.6 Å². The molecule has 6 nitrogen and oxygen atoms in total. The Morgan fingerprint density at radius 2 is 2.07 bits per heavy atom. The third kappa shape index (κ3) is 4.24. The van der Waals surface area contributed by atoms with Crippen LogP contribution in [-0.2, 0) is 0 Å². The fourth-order valence-corrected chi connectivity index (χ4v) is 4.21. The highest BCUT2D eigenvalue weighted by atomic mass is 32.1. The monoisotopic (exact) mass is 410 g/mol. The average Bonchev–Trinajstić information content (AvgIpc) is 3.11. The summed E-state index contributed by atoms with van der Waals surface area (Å²) < 4.78 is 8.43. The van der Waals surface area contributed by atoms with Crippen molar-refractivity contribution >= 4 is 39.7 Å². The van der Waals surface area contributed by atoms with Crippen LogP contribution in [0.15, 0.2) is 40.4 Å². The molecule has 1 N–H and O–H groups in total. The van der Waals surface area contributed by atoms with Crippen LogP contribution in [0.4, 0.5) is 0 Å². The number of hydrogen-bond acceptors (Lipinski definition) is 6. The van der Waals surface area contributed by atoms with Gasteiger partial charge in [0.15, 0.2) is 0 Å². The zero-order valence-electron chi connectivity index (χ0n) is 17.2. The van der Waals surface area contributed by atoms with Gasteiger partial charge in [-0.15, -0.1) is 11.3 Å².